The van der Waals surface area contributed by atoms with Crippen LogP contribution in [0.4, 0.5) is 0 Å². The van der Waals surface area contributed by atoms with Crippen LogP contribution in [0.3, 0.4) is 0 Å². The summed E-state index contributed by atoms with van der Waals surface area (Å²) in [7, 11) is -2.84. The highest BCUT2D eigenvalue weighted by Crippen LogP contribution is 2.04. The van der Waals surface area contributed by atoms with Crippen LogP contribution in [-0.4, -0.2) is 41.9 Å². The van der Waals surface area contributed by atoms with Crippen LogP contribution in [0.5, 0.6) is 0 Å². The first-order chi connectivity index (χ1) is 8.18. The van der Waals surface area contributed by atoms with E-state index < -0.39 is 8.97 Å². The minimum Gasteiger partial charge on any atom is -0.362 e. The van der Waals surface area contributed by atoms with Crippen molar-refractivity contribution in [2.24, 2.45) is 5.40 Å². The molecule has 0 aliphatic heterocycles. The maximum Gasteiger partial charge on any atom is 0.594 e. The summed E-state index contributed by atoms with van der Waals surface area (Å²) in [6.07, 6.45) is 3.30. The second-order valence-electron chi connectivity index (χ2n) is 3.73. The lowest BCUT2D eigenvalue weighted by molar-refractivity contribution is 0.0666. The molecule has 17 heavy (non-hydrogen) atoms. The zero-order valence-corrected chi connectivity index (χ0v) is 12.5. The van der Waals surface area contributed by atoms with Crippen LogP contribution in [-0.2, 0) is 13.3 Å². The van der Waals surface area contributed by atoms with Crippen molar-refractivity contribution in [2.45, 2.75) is 40.0 Å². The Hall–Kier alpha value is 0.0169. The predicted molar refractivity (Wildman–Crippen MR) is 71.5 cm³/mol. The number of nitrogens with one attached hydrogen (secondary N) is 1. The molecule has 0 aromatic rings. The number of unbranched alkanes of at least 4 members (excludes halogenated alkanes) is 2. The van der Waals surface area contributed by atoms with E-state index >= 15 is 0 Å². The van der Waals surface area contributed by atoms with E-state index in [1.807, 2.05) is 13.8 Å². The quantitative estimate of drug-likeness (QED) is 0.410. The lowest BCUT2D eigenvalue weighted by Gasteiger charge is -2.23. The van der Waals surface area contributed by atoms with Gasteiger partial charge in [-0.15, -0.1) is 0 Å². The van der Waals surface area contributed by atoms with Crippen molar-refractivity contribution in [1.29, 1.82) is 0 Å². The van der Waals surface area contributed by atoms with Crippen LogP contribution in [0.1, 0.15) is 40.0 Å². The van der Waals surface area contributed by atoms with Crippen molar-refractivity contribution in [3.63, 3.8) is 0 Å². The van der Waals surface area contributed by atoms with Crippen molar-refractivity contribution in [3.05, 3.63) is 0 Å². The van der Waals surface area contributed by atoms with Gasteiger partial charge in [0.1, 0.15) is 0 Å². The molecule has 0 atom stereocenters. The number of rotatable bonds is 12. The molecule has 104 valence electrons. The number of hydrogen-bond donors (Lipinski definition) is 2. The van der Waals surface area contributed by atoms with Gasteiger partial charge in [-0.1, -0.05) is 6.92 Å². The summed E-state index contributed by atoms with van der Waals surface area (Å²) in [5.41, 5.74) is 0. The smallest absolute Gasteiger partial charge is 0.362 e. The fourth-order valence-corrected chi connectivity index (χ4v) is 2.93. The molecule has 0 amide bonds. The van der Waals surface area contributed by atoms with Gasteiger partial charge in [-0.05, 0) is 46.2 Å². The van der Waals surface area contributed by atoms with E-state index in [-0.39, 0.29) is 0 Å². The van der Waals surface area contributed by atoms with Gasteiger partial charge < -0.3 is 18.6 Å². The molecular formula is C11H28N2O3Si. The van der Waals surface area contributed by atoms with Crippen LogP contribution in [0, 0.1) is 0 Å². The molecule has 0 unspecified atom stereocenters. The Morgan fingerprint density at radius 3 is 2.12 bits per heavy atom. The fourth-order valence-electron chi connectivity index (χ4n) is 1.45. The average molecular weight is 264 g/mol. The molecule has 0 fully saturated rings. The minimum absolute atomic E-state index is 0.531. The second-order valence-corrected chi connectivity index (χ2v) is 5.81. The molecule has 0 aliphatic rings. The van der Waals surface area contributed by atoms with Crippen LogP contribution in [0.25, 0.3) is 0 Å². The van der Waals surface area contributed by atoms with Crippen LogP contribution in [0.2, 0.25) is 0 Å². The van der Waals surface area contributed by atoms with Crippen LogP contribution < -0.4 is 10.7 Å². The minimum atomic E-state index is -2.84. The van der Waals surface area contributed by atoms with Crippen molar-refractivity contribution >= 4 is 8.97 Å². The van der Waals surface area contributed by atoms with E-state index in [0.717, 1.165) is 25.9 Å². The third-order valence-electron chi connectivity index (χ3n) is 2.24. The molecule has 0 bridgehead atoms. The zero-order valence-electron chi connectivity index (χ0n) is 11.5. The first kappa shape index (κ1) is 17.0. The molecule has 0 aromatic carbocycles. The maximum absolute atomic E-state index is 5.94. The SMILES string of the molecule is CCNCCCCCO[Si](N)(OCC)OCC. The molecule has 5 nitrogen and oxygen atoms in total. The van der Waals surface area contributed by atoms with Crippen molar-refractivity contribution in [1.82, 2.24) is 5.32 Å². The lowest BCUT2D eigenvalue weighted by atomic mass is 10.2. The van der Waals surface area contributed by atoms with Gasteiger partial charge in [0.05, 0.1) is 0 Å². The summed E-state index contributed by atoms with van der Waals surface area (Å²) in [5.74, 6) is 0. The van der Waals surface area contributed by atoms with Gasteiger partial charge in [0.25, 0.3) is 0 Å². The summed E-state index contributed by atoms with van der Waals surface area (Å²) < 4.78 is 16.3. The van der Waals surface area contributed by atoms with E-state index in [9.17, 15) is 0 Å². The molecule has 0 heterocycles. The topological polar surface area (TPSA) is 65.7 Å². The summed E-state index contributed by atoms with van der Waals surface area (Å²) >= 11 is 0. The zero-order chi connectivity index (χ0) is 13.0. The van der Waals surface area contributed by atoms with Crippen LogP contribution >= 0.6 is 0 Å². The molecular weight excluding hydrogens is 236 g/mol. The van der Waals surface area contributed by atoms with E-state index in [0.29, 0.717) is 19.8 Å². The van der Waals surface area contributed by atoms with E-state index in [1.54, 1.807) is 0 Å². The number of hydrogen-bond acceptors (Lipinski definition) is 5. The largest absolute Gasteiger partial charge is 0.594 e. The Balaban J connectivity index is 3.54. The normalized spacial score (nSPS) is 12.0. The molecule has 0 saturated carbocycles. The summed E-state index contributed by atoms with van der Waals surface area (Å²) in [4.78, 5) is 0. The summed E-state index contributed by atoms with van der Waals surface area (Å²) in [6, 6.07) is 0. The van der Waals surface area contributed by atoms with Gasteiger partial charge in [-0.3, -0.25) is 5.40 Å². The monoisotopic (exact) mass is 264 g/mol. The maximum atomic E-state index is 5.94. The molecule has 0 rings (SSSR count). The molecule has 0 saturated heterocycles. The Morgan fingerprint density at radius 1 is 0.941 bits per heavy atom. The van der Waals surface area contributed by atoms with Gasteiger partial charge >= 0.3 is 8.97 Å². The highest BCUT2D eigenvalue weighted by atomic mass is 28.4. The Labute approximate surface area is 106 Å². The summed E-state index contributed by atoms with van der Waals surface area (Å²) in [6.45, 7) is 9.69. The molecule has 6 heteroatoms. The van der Waals surface area contributed by atoms with Crippen molar-refractivity contribution < 1.29 is 13.3 Å². The lowest BCUT2D eigenvalue weighted by Crippen LogP contribution is -2.55. The molecule has 0 aliphatic carbocycles. The predicted octanol–water partition coefficient (Wildman–Crippen LogP) is 1.25. The van der Waals surface area contributed by atoms with E-state index in [1.165, 1.54) is 6.42 Å². The van der Waals surface area contributed by atoms with Gasteiger partial charge in [-0.25, -0.2) is 0 Å². The Bertz CT molecular complexity index is 167. The van der Waals surface area contributed by atoms with E-state index in [2.05, 4.69) is 12.2 Å². The summed E-state index contributed by atoms with van der Waals surface area (Å²) in [5, 5.41) is 9.23. The fraction of sp³-hybridized carbons (Fsp3) is 1.00. The van der Waals surface area contributed by atoms with Gasteiger partial charge in [0, 0.05) is 19.8 Å². The Morgan fingerprint density at radius 2 is 1.59 bits per heavy atom. The second kappa shape index (κ2) is 11.1. The molecule has 0 aromatic heterocycles. The van der Waals surface area contributed by atoms with Gasteiger partial charge in [-0.2, -0.15) is 0 Å². The first-order valence-electron chi connectivity index (χ1n) is 6.60. The third kappa shape index (κ3) is 9.69. The third-order valence-corrected chi connectivity index (χ3v) is 4.23. The van der Waals surface area contributed by atoms with Crippen molar-refractivity contribution in [3.8, 4) is 0 Å². The Kier molecular flexibility index (Phi) is 11.1. The standard InChI is InChI=1S/C11H28N2O3Si/c1-4-13-10-8-7-9-11-16-17(12,14-5-2)15-6-3/h13H,4-12H2,1-3H3. The van der Waals surface area contributed by atoms with Crippen molar-refractivity contribution in [2.75, 3.05) is 32.9 Å². The molecule has 0 spiro atoms. The molecule has 3 N–H and O–H groups in total. The van der Waals surface area contributed by atoms with Gasteiger partial charge in [0.15, 0.2) is 0 Å². The highest BCUT2D eigenvalue weighted by Gasteiger charge is 2.36. The number of nitrogens with two attached hydrogens (primary N) is 1. The van der Waals surface area contributed by atoms with E-state index in [4.69, 9.17) is 18.7 Å². The van der Waals surface area contributed by atoms with Crippen LogP contribution in [0.15, 0.2) is 0 Å². The highest BCUT2D eigenvalue weighted by molar-refractivity contribution is 6.56. The molecule has 0 radical (unpaired) electrons. The average Bonchev–Trinajstić information content (AvgIpc) is 2.28. The van der Waals surface area contributed by atoms with Gasteiger partial charge in [0.2, 0.25) is 0 Å². The first-order valence-corrected chi connectivity index (χ1v) is 8.40.